The van der Waals surface area contributed by atoms with E-state index < -0.39 is 32.9 Å². The van der Waals surface area contributed by atoms with Gasteiger partial charge in [0, 0.05) is 0 Å². The molecule has 0 unspecified atom stereocenters. The van der Waals surface area contributed by atoms with Gasteiger partial charge in [-0.15, -0.1) is 0 Å². The van der Waals surface area contributed by atoms with Gasteiger partial charge >= 0.3 is 0 Å². The van der Waals surface area contributed by atoms with Crippen molar-refractivity contribution in [3.8, 4) is 0 Å². The van der Waals surface area contributed by atoms with Crippen LogP contribution in [-0.2, 0) is 15.6 Å². The molecule has 0 aliphatic carbocycles. The Balaban J connectivity index is 1.47. The third-order valence-corrected chi connectivity index (χ3v) is 12.3. The van der Waals surface area contributed by atoms with E-state index in [2.05, 4.69) is 60.0 Å². The highest BCUT2D eigenvalue weighted by Crippen LogP contribution is 2.38. The van der Waals surface area contributed by atoms with Crippen LogP contribution in [0.25, 0.3) is 11.2 Å². The lowest BCUT2D eigenvalue weighted by Gasteiger charge is -2.43. The molecule has 37 heavy (non-hydrogen) atoms. The number of aromatic nitrogens is 4. The van der Waals surface area contributed by atoms with Crippen LogP contribution in [0.1, 0.15) is 39.6 Å². The molecule has 2 aromatic carbocycles. The highest BCUT2D eigenvalue weighted by molar-refractivity contribution is 6.99. The maximum atomic E-state index is 11.0. The smallest absolute Gasteiger partial charge is 0.261 e. The van der Waals surface area contributed by atoms with Crippen LogP contribution in [0.3, 0.4) is 0 Å². The molecule has 4 atom stereocenters. The summed E-state index contributed by atoms with van der Waals surface area (Å²) in [6.07, 6.45) is -0.0790. The number of nitrogens with zero attached hydrogens (tertiary/aromatic N) is 4. The van der Waals surface area contributed by atoms with Gasteiger partial charge in [-0.05, 0) is 21.8 Å². The van der Waals surface area contributed by atoms with Crippen molar-refractivity contribution < 1.29 is 19.4 Å². The molecule has 0 bridgehead atoms. The molecule has 3 heterocycles. The van der Waals surface area contributed by atoms with E-state index >= 15 is 0 Å². The van der Waals surface area contributed by atoms with E-state index in [1.807, 2.05) is 43.3 Å². The zero-order chi connectivity index (χ0) is 26.2. The lowest BCUT2D eigenvalue weighted by atomic mass is 10.1. The molecule has 0 amide bonds. The van der Waals surface area contributed by atoms with Crippen LogP contribution in [0, 0.1) is 0 Å². The Morgan fingerprint density at radius 2 is 1.54 bits per heavy atom. The summed E-state index contributed by atoms with van der Waals surface area (Å²) in [4.78, 5) is 13.1. The summed E-state index contributed by atoms with van der Waals surface area (Å²) in [6, 6.07) is 20.6. The first-order valence-electron chi connectivity index (χ1n) is 12.7. The number of rotatable bonds is 7. The van der Waals surface area contributed by atoms with Crippen molar-refractivity contribution in [2.45, 2.75) is 63.7 Å². The van der Waals surface area contributed by atoms with Crippen molar-refractivity contribution in [1.82, 2.24) is 19.5 Å². The summed E-state index contributed by atoms with van der Waals surface area (Å²) >= 11 is 0. The van der Waals surface area contributed by atoms with Crippen LogP contribution >= 0.6 is 0 Å². The molecule has 9 heteroatoms. The second-order valence-corrected chi connectivity index (χ2v) is 14.8. The second kappa shape index (κ2) is 10.1. The quantitative estimate of drug-likeness (QED) is 0.363. The van der Waals surface area contributed by atoms with Crippen LogP contribution < -0.4 is 10.4 Å². The van der Waals surface area contributed by atoms with E-state index in [9.17, 15) is 10.2 Å². The van der Waals surface area contributed by atoms with Gasteiger partial charge in [0.15, 0.2) is 11.9 Å². The van der Waals surface area contributed by atoms with Gasteiger partial charge in [0.2, 0.25) is 0 Å². The van der Waals surface area contributed by atoms with Crippen molar-refractivity contribution in [3.63, 3.8) is 0 Å². The maximum Gasteiger partial charge on any atom is 0.261 e. The average molecular weight is 519 g/mol. The van der Waals surface area contributed by atoms with E-state index in [1.54, 1.807) is 10.9 Å². The van der Waals surface area contributed by atoms with Gasteiger partial charge in [-0.3, -0.25) is 4.57 Å². The molecule has 194 valence electrons. The van der Waals surface area contributed by atoms with E-state index in [4.69, 9.17) is 9.16 Å². The second-order valence-electron chi connectivity index (χ2n) is 10.5. The number of imidazole rings is 1. The Hall–Kier alpha value is -2.95. The maximum absolute atomic E-state index is 11.0. The van der Waals surface area contributed by atoms with E-state index in [1.165, 1.54) is 6.33 Å². The molecular formula is C28H34N4O4Si. The normalized spacial score (nSPS) is 22.5. The molecule has 2 N–H and O–H groups in total. The largest absolute Gasteiger partial charge is 0.405 e. The molecule has 4 aromatic rings. The van der Waals surface area contributed by atoms with Crippen molar-refractivity contribution in [3.05, 3.63) is 79.0 Å². The fourth-order valence-corrected chi connectivity index (χ4v) is 9.98. The summed E-state index contributed by atoms with van der Waals surface area (Å²) in [6.45, 7) is 8.73. The number of ether oxygens (including phenoxy) is 1. The third kappa shape index (κ3) is 4.40. The van der Waals surface area contributed by atoms with Crippen molar-refractivity contribution in [1.29, 1.82) is 0 Å². The molecule has 0 saturated carbocycles. The Labute approximate surface area is 218 Å². The van der Waals surface area contributed by atoms with Gasteiger partial charge in [-0.2, -0.15) is 0 Å². The van der Waals surface area contributed by atoms with Crippen LogP contribution in [0.5, 0.6) is 0 Å². The molecule has 1 aliphatic heterocycles. The van der Waals surface area contributed by atoms with E-state index in [0.29, 0.717) is 17.6 Å². The Kier molecular flexibility index (Phi) is 6.99. The minimum Gasteiger partial charge on any atom is -0.405 e. The summed E-state index contributed by atoms with van der Waals surface area (Å²) in [5.41, 5.74) is 2.06. The zero-order valence-electron chi connectivity index (χ0n) is 21.7. The number of hydrogen-bond donors (Lipinski definition) is 2. The molecule has 8 nitrogen and oxygen atoms in total. The topological polar surface area (TPSA) is 103 Å². The molecule has 1 saturated heterocycles. The van der Waals surface area contributed by atoms with Crippen LogP contribution in [-0.4, -0.2) is 63.0 Å². The third-order valence-electron chi connectivity index (χ3n) is 7.26. The first-order chi connectivity index (χ1) is 17.8. The number of hydrogen-bond acceptors (Lipinski definition) is 7. The SMILES string of the molecule is CCc1ncnc2c1ncn2[C@@H]1O[C@H](CO[Si](c2ccccc2)(c2ccccc2)C(C)(C)C)[C@@H](O)[C@H]1O. The Morgan fingerprint density at radius 3 is 2.11 bits per heavy atom. The highest BCUT2D eigenvalue weighted by Gasteiger charge is 2.52. The standard InChI is InChI=1S/C28H34N4O4Si/c1-5-21-23-26(30-17-29-21)32(18-31-23)27-25(34)24(33)22(36-27)16-35-37(28(2,3)4,19-12-8-6-9-13-19)20-14-10-7-11-15-20/h6-15,17-18,22,24-25,27,33-34H,5,16H2,1-4H3/t22-,24-,25-,27-/m1/s1. The van der Waals surface area contributed by atoms with Gasteiger partial charge in [-0.25, -0.2) is 15.0 Å². The van der Waals surface area contributed by atoms with Gasteiger partial charge in [0.25, 0.3) is 8.32 Å². The molecule has 1 fully saturated rings. The van der Waals surface area contributed by atoms with E-state index in [0.717, 1.165) is 16.1 Å². The fraction of sp³-hybridized carbons (Fsp3) is 0.393. The van der Waals surface area contributed by atoms with Gasteiger partial charge < -0.3 is 19.4 Å². The minimum atomic E-state index is -2.83. The molecular weight excluding hydrogens is 484 g/mol. The predicted molar refractivity (Wildman–Crippen MR) is 144 cm³/mol. The first kappa shape index (κ1) is 25.7. The average Bonchev–Trinajstić information content (AvgIpc) is 3.46. The molecule has 0 radical (unpaired) electrons. The molecule has 2 aromatic heterocycles. The highest BCUT2D eigenvalue weighted by atomic mass is 28.4. The number of fused-ring (bicyclic) bond motifs is 1. The van der Waals surface area contributed by atoms with Crippen LogP contribution in [0.15, 0.2) is 73.3 Å². The summed E-state index contributed by atoms with van der Waals surface area (Å²) < 4.78 is 14.9. The molecule has 5 rings (SSSR count). The van der Waals surface area contributed by atoms with Crippen molar-refractivity contribution in [2.24, 2.45) is 0 Å². The van der Waals surface area contributed by atoms with Crippen LogP contribution in [0.4, 0.5) is 0 Å². The summed E-state index contributed by atoms with van der Waals surface area (Å²) in [5.74, 6) is 0. The fourth-order valence-electron chi connectivity index (χ4n) is 5.41. The Morgan fingerprint density at radius 1 is 0.919 bits per heavy atom. The first-order valence-corrected chi connectivity index (χ1v) is 14.6. The van der Waals surface area contributed by atoms with Crippen molar-refractivity contribution in [2.75, 3.05) is 6.61 Å². The number of aliphatic hydroxyl groups is 2. The minimum absolute atomic E-state index is 0.129. The Bertz CT molecular complexity index is 1300. The molecule has 0 spiro atoms. The van der Waals surface area contributed by atoms with Gasteiger partial charge in [0.05, 0.1) is 18.6 Å². The number of benzene rings is 2. The zero-order valence-corrected chi connectivity index (χ0v) is 22.7. The predicted octanol–water partition coefficient (Wildman–Crippen LogP) is 2.58. The van der Waals surface area contributed by atoms with Crippen molar-refractivity contribution >= 4 is 29.9 Å². The lowest BCUT2D eigenvalue weighted by Crippen LogP contribution is -2.67. The number of aliphatic hydroxyl groups excluding tert-OH is 2. The van der Waals surface area contributed by atoms with Gasteiger partial charge in [0.1, 0.15) is 30.2 Å². The molecule has 1 aliphatic rings. The monoisotopic (exact) mass is 518 g/mol. The number of aryl methyl sites for hydroxylation is 1. The van der Waals surface area contributed by atoms with Crippen LogP contribution in [0.2, 0.25) is 5.04 Å². The lowest BCUT2D eigenvalue weighted by molar-refractivity contribution is -0.0486. The summed E-state index contributed by atoms with van der Waals surface area (Å²) in [5, 5.41) is 24.1. The van der Waals surface area contributed by atoms with Gasteiger partial charge in [-0.1, -0.05) is 88.4 Å². The summed E-state index contributed by atoms with van der Waals surface area (Å²) in [7, 11) is -2.83. The van der Waals surface area contributed by atoms with E-state index in [-0.39, 0.29) is 11.6 Å².